The molecule has 5 atom stereocenters. The highest BCUT2D eigenvalue weighted by atomic mass is 32.2. The van der Waals surface area contributed by atoms with E-state index in [1.54, 1.807) is 12.1 Å². The lowest BCUT2D eigenvalue weighted by Gasteiger charge is -2.14. The molecule has 3 aliphatic rings. The van der Waals surface area contributed by atoms with E-state index in [2.05, 4.69) is 20.8 Å². The molecule has 0 aromatic heterocycles. The van der Waals surface area contributed by atoms with E-state index in [1.807, 2.05) is 23.4 Å². The van der Waals surface area contributed by atoms with E-state index in [-0.39, 0.29) is 11.6 Å². The Morgan fingerprint density at radius 1 is 1.14 bits per heavy atom. The molecule has 1 heterocycles. The molecule has 1 unspecified atom stereocenters. The minimum Gasteiger partial charge on any atom is -0.207 e. The molecule has 1 aliphatic heterocycles. The molecular formula is C17H23NO2S. The van der Waals surface area contributed by atoms with E-state index in [1.165, 1.54) is 6.42 Å². The Morgan fingerprint density at radius 2 is 1.76 bits per heavy atom. The molecule has 3 nitrogen and oxygen atoms in total. The van der Waals surface area contributed by atoms with Crippen LogP contribution in [0.15, 0.2) is 29.2 Å². The summed E-state index contributed by atoms with van der Waals surface area (Å²) in [5.74, 6) is 1.27. The maximum Gasteiger partial charge on any atom is 0.243 e. The molecule has 0 radical (unpaired) electrons. The van der Waals surface area contributed by atoms with Crippen LogP contribution in [0.2, 0.25) is 0 Å². The number of fused-ring (bicyclic) bond motifs is 3. The zero-order valence-electron chi connectivity index (χ0n) is 13.1. The first-order valence-electron chi connectivity index (χ1n) is 7.82. The van der Waals surface area contributed by atoms with Crippen molar-refractivity contribution < 1.29 is 8.42 Å². The molecule has 1 saturated heterocycles. The monoisotopic (exact) mass is 305 g/mol. The molecule has 3 fully saturated rings. The molecule has 1 aromatic carbocycles. The van der Waals surface area contributed by atoms with Gasteiger partial charge in [0.05, 0.1) is 10.4 Å². The minimum absolute atomic E-state index is 0.140. The van der Waals surface area contributed by atoms with Gasteiger partial charge in [0.1, 0.15) is 0 Å². The highest BCUT2D eigenvalue weighted by Crippen LogP contribution is 2.74. The Labute approximate surface area is 127 Å². The fourth-order valence-electron chi connectivity index (χ4n) is 4.88. The number of aryl methyl sites for hydroxylation is 1. The van der Waals surface area contributed by atoms with Crippen molar-refractivity contribution in [1.82, 2.24) is 4.31 Å². The fraction of sp³-hybridized carbons (Fsp3) is 0.647. The Morgan fingerprint density at radius 3 is 2.38 bits per heavy atom. The number of benzene rings is 1. The van der Waals surface area contributed by atoms with E-state index in [4.69, 9.17) is 0 Å². The zero-order chi connectivity index (χ0) is 15.2. The molecule has 0 N–H and O–H groups in total. The summed E-state index contributed by atoms with van der Waals surface area (Å²) in [6, 6.07) is 7.47. The lowest BCUT2D eigenvalue weighted by atomic mass is 9.91. The highest BCUT2D eigenvalue weighted by Gasteiger charge is 2.79. The third-order valence-corrected chi connectivity index (χ3v) is 8.37. The van der Waals surface area contributed by atoms with Gasteiger partial charge in [-0.3, -0.25) is 0 Å². The van der Waals surface area contributed by atoms with Crippen LogP contribution in [-0.2, 0) is 10.0 Å². The van der Waals surface area contributed by atoms with Crippen molar-refractivity contribution in [1.29, 1.82) is 0 Å². The van der Waals surface area contributed by atoms with E-state index < -0.39 is 10.0 Å². The van der Waals surface area contributed by atoms with Crippen molar-refractivity contribution in [2.24, 2.45) is 17.3 Å². The van der Waals surface area contributed by atoms with Crippen molar-refractivity contribution in [3.05, 3.63) is 29.8 Å². The summed E-state index contributed by atoms with van der Waals surface area (Å²) < 4.78 is 27.8. The summed E-state index contributed by atoms with van der Waals surface area (Å²) in [7, 11) is -3.35. The van der Waals surface area contributed by atoms with Crippen LogP contribution >= 0.6 is 0 Å². The lowest BCUT2D eigenvalue weighted by Crippen LogP contribution is -2.21. The summed E-state index contributed by atoms with van der Waals surface area (Å²) in [6.07, 6.45) is 2.18. The van der Waals surface area contributed by atoms with Gasteiger partial charge in [0, 0.05) is 6.04 Å². The average Bonchev–Trinajstić information content (AvgIpc) is 3.20. The normalized spacial score (nSPS) is 42.9. The van der Waals surface area contributed by atoms with Gasteiger partial charge in [-0.25, -0.2) is 8.42 Å². The summed E-state index contributed by atoms with van der Waals surface area (Å²) >= 11 is 0. The quantitative estimate of drug-likeness (QED) is 0.787. The second-order valence-electron chi connectivity index (χ2n) is 7.91. The number of sulfonamides is 1. The van der Waals surface area contributed by atoms with Gasteiger partial charge in [0.2, 0.25) is 10.0 Å². The summed E-state index contributed by atoms with van der Waals surface area (Å²) in [5, 5.41) is 0. The topological polar surface area (TPSA) is 37.1 Å². The first kappa shape index (κ1) is 13.8. The standard InChI is InChI=1S/C17H23NO2S/c1-11-5-7-12(8-6-11)21(19,20)18-15-14-13(16(14,2)3)9-10-17(15,18)4/h5-8,13-15H,9-10H2,1-4H3/t13-,14-,15-,17+,18?/m1/s1. The van der Waals surface area contributed by atoms with Crippen molar-refractivity contribution in [3.8, 4) is 0 Å². The van der Waals surface area contributed by atoms with Gasteiger partial charge in [0.15, 0.2) is 0 Å². The summed E-state index contributed by atoms with van der Waals surface area (Å²) in [4.78, 5) is 0.443. The van der Waals surface area contributed by atoms with Gasteiger partial charge in [-0.15, -0.1) is 0 Å². The van der Waals surface area contributed by atoms with E-state index in [9.17, 15) is 8.42 Å². The Hall–Kier alpha value is -0.870. The van der Waals surface area contributed by atoms with E-state index in [0.29, 0.717) is 22.1 Å². The largest absolute Gasteiger partial charge is 0.243 e. The van der Waals surface area contributed by atoms with Gasteiger partial charge in [0.25, 0.3) is 0 Å². The third-order valence-electron chi connectivity index (χ3n) is 6.34. The molecular weight excluding hydrogens is 282 g/mol. The average molecular weight is 305 g/mol. The van der Waals surface area contributed by atoms with Gasteiger partial charge in [-0.05, 0) is 56.1 Å². The second kappa shape index (κ2) is 3.72. The highest BCUT2D eigenvalue weighted by molar-refractivity contribution is 7.89. The smallest absolute Gasteiger partial charge is 0.207 e. The summed E-state index contributed by atoms with van der Waals surface area (Å²) in [6.45, 7) is 8.70. The van der Waals surface area contributed by atoms with Crippen LogP contribution in [0.4, 0.5) is 0 Å². The minimum atomic E-state index is -3.35. The SMILES string of the molecule is Cc1ccc(S(=O)(=O)N2[C@@H]3[C@H]4[C@@H](CC[C@@]32C)C4(C)C)cc1. The van der Waals surface area contributed by atoms with Crippen LogP contribution < -0.4 is 0 Å². The molecule has 114 valence electrons. The zero-order valence-corrected chi connectivity index (χ0v) is 13.9. The lowest BCUT2D eigenvalue weighted by molar-refractivity contribution is 0.439. The molecule has 21 heavy (non-hydrogen) atoms. The van der Waals surface area contributed by atoms with Gasteiger partial charge in [-0.1, -0.05) is 31.5 Å². The Kier molecular flexibility index (Phi) is 2.44. The van der Waals surface area contributed by atoms with Crippen LogP contribution in [-0.4, -0.2) is 24.3 Å². The molecule has 2 aliphatic carbocycles. The molecule has 4 heteroatoms. The van der Waals surface area contributed by atoms with Crippen LogP contribution in [0.25, 0.3) is 0 Å². The van der Waals surface area contributed by atoms with E-state index >= 15 is 0 Å². The van der Waals surface area contributed by atoms with Crippen molar-refractivity contribution in [2.45, 2.75) is 57.0 Å². The first-order chi connectivity index (χ1) is 9.70. The van der Waals surface area contributed by atoms with Gasteiger partial charge in [-0.2, -0.15) is 4.31 Å². The van der Waals surface area contributed by atoms with E-state index in [0.717, 1.165) is 12.0 Å². The number of hydrogen-bond donors (Lipinski definition) is 0. The molecule has 0 amide bonds. The van der Waals surface area contributed by atoms with Crippen molar-refractivity contribution in [2.75, 3.05) is 0 Å². The van der Waals surface area contributed by atoms with Crippen LogP contribution in [0.5, 0.6) is 0 Å². The van der Waals surface area contributed by atoms with Crippen LogP contribution in [0, 0.1) is 24.2 Å². The predicted molar refractivity (Wildman–Crippen MR) is 82.4 cm³/mol. The molecule has 4 rings (SSSR count). The first-order valence-corrected chi connectivity index (χ1v) is 9.26. The van der Waals surface area contributed by atoms with Crippen LogP contribution in [0.3, 0.4) is 0 Å². The van der Waals surface area contributed by atoms with Crippen molar-refractivity contribution in [3.63, 3.8) is 0 Å². The summed E-state index contributed by atoms with van der Waals surface area (Å²) in [5.41, 5.74) is 1.27. The van der Waals surface area contributed by atoms with Crippen molar-refractivity contribution >= 4 is 10.0 Å². The predicted octanol–water partition coefficient (Wildman–Crippen LogP) is 3.19. The molecule has 0 spiro atoms. The molecule has 1 aromatic rings. The number of hydrogen-bond acceptors (Lipinski definition) is 2. The maximum absolute atomic E-state index is 13.0. The number of rotatable bonds is 2. The third kappa shape index (κ3) is 1.61. The maximum atomic E-state index is 13.0. The van der Waals surface area contributed by atoms with Crippen LogP contribution in [0.1, 0.15) is 39.2 Å². The second-order valence-corrected chi connectivity index (χ2v) is 9.72. The Balaban J connectivity index is 1.70. The number of nitrogens with zero attached hydrogens (tertiary/aromatic N) is 1. The molecule has 0 bridgehead atoms. The van der Waals surface area contributed by atoms with Gasteiger partial charge < -0.3 is 0 Å². The fourth-order valence-corrected chi connectivity index (χ4v) is 6.94. The molecule has 2 saturated carbocycles. The Bertz CT molecular complexity index is 707. The van der Waals surface area contributed by atoms with Gasteiger partial charge >= 0.3 is 0 Å².